The van der Waals surface area contributed by atoms with Crippen LogP contribution < -0.4 is 4.90 Å². The second-order valence-corrected chi connectivity index (χ2v) is 9.40. The molecule has 0 aliphatic carbocycles. The molecule has 2 aromatic rings. The largest absolute Gasteiger partial charge is 0.378 e. The number of anilines is 1. The number of rotatable bonds is 5. The lowest BCUT2D eigenvalue weighted by atomic mass is 10.2. The average Bonchev–Trinajstić information content (AvgIpc) is 3.12. The first-order valence-corrected chi connectivity index (χ1v) is 10.9. The maximum atomic E-state index is 13.1. The van der Waals surface area contributed by atoms with Gasteiger partial charge in [-0.15, -0.1) is 11.8 Å². The van der Waals surface area contributed by atoms with E-state index < -0.39 is 10.0 Å². The molecule has 0 bridgehead atoms. The van der Waals surface area contributed by atoms with Crippen LogP contribution in [-0.2, 0) is 16.4 Å². The Balaban J connectivity index is 1.89. The summed E-state index contributed by atoms with van der Waals surface area (Å²) in [5, 5.41) is -0.160. The number of hydrogen-bond donors (Lipinski definition) is 0. The Kier molecular flexibility index (Phi) is 5.41. The summed E-state index contributed by atoms with van der Waals surface area (Å²) in [6.45, 7) is 2.61. The van der Waals surface area contributed by atoms with Crippen LogP contribution in [0.5, 0.6) is 0 Å². The van der Waals surface area contributed by atoms with E-state index in [9.17, 15) is 8.42 Å². The van der Waals surface area contributed by atoms with Crippen LogP contribution in [0.3, 0.4) is 0 Å². The van der Waals surface area contributed by atoms with E-state index in [0.717, 1.165) is 29.0 Å². The van der Waals surface area contributed by atoms with Crippen molar-refractivity contribution < 1.29 is 8.42 Å². The molecule has 1 aliphatic rings. The number of nitrogens with zero attached hydrogens (tertiary/aromatic N) is 2. The van der Waals surface area contributed by atoms with Gasteiger partial charge in [0.2, 0.25) is 10.0 Å². The molecule has 0 aromatic heterocycles. The highest BCUT2D eigenvalue weighted by Crippen LogP contribution is 2.41. The van der Waals surface area contributed by atoms with E-state index in [1.165, 1.54) is 0 Å². The number of sulfonamides is 1. The molecule has 1 fully saturated rings. The van der Waals surface area contributed by atoms with Crippen LogP contribution in [0.25, 0.3) is 0 Å². The van der Waals surface area contributed by atoms with Crippen molar-refractivity contribution in [3.63, 3.8) is 0 Å². The summed E-state index contributed by atoms with van der Waals surface area (Å²) in [5.41, 5.74) is 3.28. The molecule has 0 N–H and O–H groups in total. The molecule has 0 saturated carbocycles. The van der Waals surface area contributed by atoms with Crippen molar-refractivity contribution in [3.8, 4) is 0 Å². The van der Waals surface area contributed by atoms with Gasteiger partial charge in [0.05, 0.1) is 10.3 Å². The molecule has 25 heavy (non-hydrogen) atoms. The Hall–Kier alpha value is -1.50. The SMILES string of the molecule is CCc1ccc(S(=O)(=O)N2CCSC2c2ccc(N(C)C)cc2)cc1. The molecule has 134 valence electrons. The standard InChI is InChI=1S/C19H24N2O2S2/c1-4-15-5-11-18(12-6-15)25(22,23)21-13-14-24-19(21)16-7-9-17(10-8-16)20(2)3/h5-12,19H,4,13-14H2,1-3H3. The van der Waals surface area contributed by atoms with Crippen molar-refractivity contribution in [2.45, 2.75) is 23.6 Å². The molecule has 0 amide bonds. The van der Waals surface area contributed by atoms with Crippen LogP contribution in [-0.4, -0.2) is 39.1 Å². The van der Waals surface area contributed by atoms with Crippen LogP contribution in [0.2, 0.25) is 0 Å². The van der Waals surface area contributed by atoms with Crippen molar-refractivity contribution in [1.29, 1.82) is 0 Å². The Bertz CT molecular complexity index is 816. The maximum Gasteiger partial charge on any atom is 0.244 e. The molecule has 1 heterocycles. The van der Waals surface area contributed by atoms with Crippen LogP contribution in [0.1, 0.15) is 23.4 Å². The number of hydrogen-bond acceptors (Lipinski definition) is 4. The van der Waals surface area contributed by atoms with Gasteiger partial charge >= 0.3 is 0 Å². The summed E-state index contributed by atoms with van der Waals surface area (Å²) >= 11 is 1.68. The van der Waals surface area contributed by atoms with E-state index in [1.54, 1.807) is 28.2 Å². The van der Waals surface area contributed by atoms with E-state index in [0.29, 0.717) is 11.4 Å². The molecular formula is C19H24N2O2S2. The van der Waals surface area contributed by atoms with E-state index in [1.807, 2.05) is 55.4 Å². The fourth-order valence-electron chi connectivity index (χ4n) is 2.93. The number of aryl methyl sites for hydroxylation is 1. The van der Waals surface area contributed by atoms with Crippen LogP contribution in [0, 0.1) is 0 Å². The van der Waals surface area contributed by atoms with Gasteiger partial charge in [0.15, 0.2) is 0 Å². The van der Waals surface area contributed by atoms with Gasteiger partial charge in [0, 0.05) is 32.1 Å². The second-order valence-electron chi connectivity index (χ2n) is 6.32. The van der Waals surface area contributed by atoms with Crippen molar-refractivity contribution >= 4 is 27.5 Å². The second kappa shape index (κ2) is 7.40. The molecule has 1 aliphatic heterocycles. The zero-order valence-corrected chi connectivity index (χ0v) is 16.5. The van der Waals surface area contributed by atoms with Gasteiger partial charge < -0.3 is 4.90 Å². The highest BCUT2D eigenvalue weighted by molar-refractivity contribution is 8.01. The molecule has 0 radical (unpaired) electrons. The van der Waals surface area contributed by atoms with Crippen molar-refractivity contribution in [2.75, 3.05) is 31.3 Å². The number of benzene rings is 2. The van der Waals surface area contributed by atoms with Gasteiger partial charge in [-0.05, 0) is 41.8 Å². The predicted molar refractivity (Wildman–Crippen MR) is 106 cm³/mol. The van der Waals surface area contributed by atoms with E-state index in [-0.39, 0.29) is 5.37 Å². The summed E-state index contributed by atoms with van der Waals surface area (Å²) in [4.78, 5) is 2.41. The quantitative estimate of drug-likeness (QED) is 0.797. The first-order valence-electron chi connectivity index (χ1n) is 8.43. The lowest BCUT2D eigenvalue weighted by molar-refractivity contribution is 0.434. The zero-order valence-electron chi connectivity index (χ0n) is 14.8. The van der Waals surface area contributed by atoms with Gasteiger partial charge in [-0.25, -0.2) is 8.42 Å². The first-order chi connectivity index (χ1) is 11.9. The summed E-state index contributed by atoms with van der Waals surface area (Å²) in [6.07, 6.45) is 0.904. The van der Waals surface area contributed by atoms with Crippen LogP contribution >= 0.6 is 11.8 Å². The minimum atomic E-state index is -3.49. The molecule has 6 heteroatoms. The van der Waals surface area contributed by atoms with Gasteiger partial charge in [-0.3, -0.25) is 0 Å². The van der Waals surface area contributed by atoms with E-state index in [2.05, 4.69) is 6.92 Å². The summed E-state index contributed by atoms with van der Waals surface area (Å²) in [7, 11) is 0.507. The molecule has 1 atom stereocenters. The van der Waals surface area contributed by atoms with E-state index >= 15 is 0 Å². The topological polar surface area (TPSA) is 40.6 Å². The molecular weight excluding hydrogens is 352 g/mol. The van der Waals surface area contributed by atoms with E-state index in [4.69, 9.17) is 0 Å². The lowest BCUT2D eigenvalue weighted by Gasteiger charge is -2.24. The number of thioether (sulfide) groups is 1. The third-order valence-electron chi connectivity index (χ3n) is 4.48. The average molecular weight is 377 g/mol. The summed E-state index contributed by atoms with van der Waals surface area (Å²) < 4.78 is 27.8. The highest BCUT2D eigenvalue weighted by atomic mass is 32.2. The third kappa shape index (κ3) is 3.71. The third-order valence-corrected chi connectivity index (χ3v) is 7.75. The van der Waals surface area contributed by atoms with Crippen molar-refractivity contribution in [3.05, 3.63) is 59.7 Å². The fraction of sp³-hybridized carbons (Fsp3) is 0.368. The van der Waals surface area contributed by atoms with Crippen LogP contribution in [0.15, 0.2) is 53.4 Å². The lowest BCUT2D eigenvalue weighted by Crippen LogP contribution is -2.30. The normalized spacial score (nSPS) is 18.4. The maximum absolute atomic E-state index is 13.1. The van der Waals surface area contributed by atoms with Crippen molar-refractivity contribution in [2.24, 2.45) is 0 Å². The molecule has 1 unspecified atom stereocenters. The van der Waals surface area contributed by atoms with Gasteiger partial charge in [-0.1, -0.05) is 31.2 Å². The summed E-state index contributed by atoms with van der Waals surface area (Å²) in [5.74, 6) is 0.812. The van der Waals surface area contributed by atoms with Gasteiger partial charge in [-0.2, -0.15) is 4.31 Å². The fourth-order valence-corrected chi connectivity index (χ4v) is 6.17. The molecule has 3 rings (SSSR count). The molecule has 4 nitrogen and oxygen atoms in total. The predicted octanol–water partition coefficient (Wildman–Crippen LogP) is 3.75. The monoisotopic (exact) mass is 376 g/mol. The Morgan fingerprint density at radius 2 is 1.72 bits per heavy atom. The van der Waals surface area contributed by atoms with Gasteiger partial charge in [0.1, 0.15) is 0 Å². The smallest absolute Gasteiger partial charge is 0.244 e. The molecule has 2 aromatic carbocycles. The van der Waals surface area contributed by atoms with Gasteiger partial charge in [0.25, 0.3) is 0 Å². The Morgan fingerprint density at radius 3 is 2.28 bits per heavy atom. The zero-order chi connectivity index (χ0) is 18.0. The molecule has 0 spiro atoms. The van der Waals surface area contributed by atoms with Crippen LogP contribution in [0.4, 0.5) is 5.69 Å². The highest BCUT2D eigenvalue weighted by Gasteiger charge is 2.36. The minimum absolute atomic E-state index is 0.160. The Labute approximate surface area is 154 Å². The summed E-state index contributed by atoms with van der Waals surface area (Å²) in [6, 6.07) is 15.4. The molecule has 1 saturated heterocycles. The Morgan fingerprint density at radius 1 is 1.08 bits per heavy atom. The first kappa shape index (κ1) is 18.3. The van der Waals surface area contributed by atoms with Crippen molar-refractivity contribution in [1.82, 2.24) is 4.31 Å². The minimum Gasteiger partial charge on any atom is -0.378 e.